The van der Waals surface area contributed by atoms with Crippen LogP contribution in [0.5, 0.6) is 0 Å². The molecule has 5 heteroatoms. The van der Waals surface area contributed by atoms with E-state index in [1.54, 1.807) is 18.7 Å². The summed E-state index contributed by atoms with van der Waals surface area (Å²) in [5.41, 5.74) is 6.94. The van der Waals surface area contributed by atoms with Crippen molar-refractivity contribution in [2.75, 3.05) is 0 Å². The zero-order valence-corrected chi connectivity index (χ0v) is 10.7. The van der Waals surface area contributed by atoms with Crippen LogP contribution in [0.2, 0.25) is 0 Å². The summed E-state index contributed by atoms with van der Waals surface area (Å²) in [6.07, 6.45) is 0. The predicted octanol–water partition coefficient (Wildman–Crippen LogP) is 2.69. The Morgan fingerprint density at radius 1 is 1.35 bits per heavy atom. The summed E-state index contributed by atoms with van der Waals surface area (Å²) in [7, 11) is 0. The van der Waals surface area contributed by atoms with E-state index in [9.17, 15) is 0 Å². The molecule has 0 saturated carbocycles. The monoisotopic (exact) mass is 249 g/mol. The van der Waals surface area contributed by atoms with Gasteiger partial charge in [0.05, 0.1) is 5.75 Å². The first-order valence-corrected chi connectivity index (χ1v) is 6.41. The molecule has 17 heavy (non-hydrogen) atoms. The van der Waals surface area contributed by atoms with Gasteiger partial charge in [0, 0.05) is 17.9 Å². The van der Waals surface area contributed by atoms with Crippen molar-refractivity contribution in [3.63, 3.8) is 0 Å². The smallest absolute Gasteiger partial charge is 0.223 e. The third-order valence-corrected chi connectivity index (χ3v) is 3.35. The molecule has 0 saturated heterocycles. The molecule has 0 aliphatic rings. The van der Waals surface area contributed by atoms with E-state index in [1.165, 1.54) is 4.90 Å². The molecule has 0 radical (unpaired) electrons. The van der Waals surface area contributed by atoms with Crippen LogP contribution in [0.1, 0.15) is 30.2 Å². The first kappa shape index (κ1) is 12.1. The number of nitrogens with two attached hydrogens (primary N) is 1. The summed E-state index contributed by atoms with van der Waals surface area (Å²) >= 11 is 1.68. The molecule has 0 aliphatic carbocycles. The Morgan fingerprint density at radius 2 is 2.06 bits per heavy atom. The maximum atomic E-state index is 5.79. The molecule has 0 spiro atoms. The fraction of sp³-hybridized carbons (Fsp3) is 0.333. The minimum Gasteiger partial charge on any atom is -0.340 e. The minimum absolute atomic E-state index is 0.0777. The fourth-order valence-corrected chi connectivity index (χ4v) is 2.16. The molecule has 1 aromatic carbocycles. The van der Waals surface area contributed by atoms with Crippen molar-refractivity contribution >= 4 is 11.8 Å². The van der Waals surface area contributed by atoms with Crippen molar-refractivity contribution in [2.24, 2.45) is 5.73 Å². The summed E-state index contributed by atoms with van der Waals surface area (Å²) in [5.74, 6) is 2.05. The Kier molecular flexibility index (Phi) is 3.81. The lowest BCUT2D eigenvalue weighted by Gasteiger charge is -2.05. The van der Waals surface area contributed by atoms with Crippen molar-refractivity contribution in [1.29, 1.82) is 0 Å². The van der Waals surface area contributed by atoms with Gasteiger partial charge in [-0.15, -0.1) is 11.8 Å². The Morgan fingerprint density at radius 3 is 2.59 bits per heavy atom. The highest BCUT2D eigenvalue weighted by atomic mass is 32.2. The molecule has 1 heterocycles. The van der Waals surface area contributed by atoms with Crippen LogP contribution in [-0.4, -0.2) is 10.1 Å². The lowest BCUT2D eigenvalue weighted by molar-refractivity contribution is 0.389. The number of aromatic nitrogens is 2. The number of nitrogens with zero attached hydrogens (tertiary/aromatic N) is 2. The number of rotatable bonds is 4. The maximum absolute atomic E-state index is 5.79. The van der Waals surface area contributed by atoms with Crippen LogP contribution in [-0.2, 0) is 5.75 Å². The largest absolute Gasteiger partial charge is 0.340 e. The Labute approximate surface area is 105 Å². The predicted molar refractivity (Wildman–Crippen MR) is 67.6 cm³/mol. The van der Waals surface area contributed by atoms with Crippen LogP contribution in [0.25, 0.3) is 0 Å². The van der Waals surface area contributed by atoms with Crippen LogP contribution >= 0.6 is 11.8 Å². The van der Waals surface area contributed by atoms with Gasteiger partial charge in [0.1, 0.15) is 0 Å². The summed E-state index contributed by atoms with van der Waals surface area (Å²) in [6.45, 7) is 3.77. The zero-order chi connectivity index (χ0) is 12.3. The number of benzene rings is 1. The zero-order valence-electron chi connectivity index (χ0n) is 9.88. The van der Waals surface area contributed by atoms with E-state index in [0.717, 1.165) is 17.1 Å². The minimum atomic E-state index is 0.0777. The van der Waals surface area contributed by atoms with Gasteiger partial charge >= 0.3 is 0 Å². The van der Waals surface area contributed by atoms with Crippen molar-refractivity contribution in [1.82, 2.24) is 10.1 Å². The molecule has 0 bridgehead atoms. The van der Waals surface area contributed by atoms with Gasteiger partial charge in [-0.3, -0.25) is 0 Å². The first-order chi connectivity index (χ1) is 8.15. The second-order valence-corrected chi connectivity index (χ2v) is 4.92. The van der Waals surface area contributed by atoms with E-state index in [0.29, 0.717) is 5.89 Å². The van der Waals surface area contributed by atoms with E-state index in [-0.39, 0.29) is 6.04 Å². The summed E-state index contributed by atoms with van der Waals surface area (Å²) in [6, 6.07) is 8.31. The van der Waals surface area contributed by atoms with Gasteiger partial charge in [-0.1, -0.05) is 17.3 Å². The molecule has 0 fully saturated rings. The van der Waals surface area contributed by atoms with Crippen LogP contribution in [0.3, 0.4) is 0 Å². The van der Waals surface area contributed by atoms with Crippen LogP contribution in [0, 0.1) is 6.92 Å². The average molecular weight is 249 g/mol. The van der Waals surface area contributed by atoms with E-state index in [2.05, 4.69) is 34.4 Å². The molecule has 4 nitrogen and oxygen atoms in total. The normalized spacial score (nSPS) is 12.6. The van der Waals surface area contributed by atoms with Crippen LogP contribution in [0.4, 0.5) is 0 Å². The van der Waals surface area contributed by atoms with Gasteiger partial charge in [-0.2, -0.15) is 4.98 Å². The van der Waals surface area contributed by atoms with Crippen LogP contribution < -0.4 is 5.73 Å². The van der Waals surface area contributed by atoms with Gasteiger partial charge in [0.15, 0.2) is 5.82 Å². The van der Waals surface area contributed by atoms with E-state index in [1.807, 2.05) is 6.92 Å². The lowest BCUT2D eigenvalue weighted by Crippen LogP contribution is -2.04. The summed E-state index contributed by atoms with van der Waals surface area (Å²) in [5, 5.41) is 3.85. The third kappa shape index (κ3) is 3.31. The van der Waals surface area contributed by atoms with Crippen molar-refractivity contribution in [3.8, 4) is 0 Å². The molecule has 2 N–H and O–H groups in total. The van der Waals surface area contributed by atoms with Gasteiger partial charge in [0.2, 0.25) is 5.89 Å². The second kappa shape index (κ2) is 5.33. The van der Waals surface area contributed by atoms with Gasteiger partial charge in [-0.05, 0) is 24.6 Å². The number of hydrogen-bond acceptors (Lipinski definition) is 5. The molecular formula is C12H15N3OS. The maximum Gasteiger partial charge on any atom is 0.223 e. The molecule has 2 rings (SSSR count). The van der Waals surface area contributed by atoms with Gasteiger partial charge in [-0.25, -0.2) is 0 Å². The second-order valence-electron chi connectivity index (χ2n) is 3.88. The molecule has 90 valence electrons. The quantitative estimate of drug-likeness (QED) is 0.844. The van der Waals surface area contributed by atoms with Crippen molar-refractivity contribution < 1.29 is 4.52 Å². The topological polar surface area (TPSA) is 64.9 Å². The number of hydrogen-bond donors (Lipinski definition) is 1. The Bertz CT molecular complexity index is 479. The lowest BCUT2D eigenvalue weighted by atomic mass is 10.1. The average Bonchev–Trinajstić information content (AvgIpc) is 2.73. The Balaban J connectivity index is 1.95. The molecule has 1 aromatic heterocycles. The molecule has 2 aromatic rings. The first-order valence-electron chi connectivity index (χ1n) is 5.42. The SMILES string of the molecule is Cc1nc(CSc2ccc(C(C)N)cc2)no1. The van der Waals surface area contributed by atoms with Crippen molar-refractivity contribution in [3.05, 3.63) is 41.5 Å². The van der Waals surface area contributed by atoms with Crippen molar-refractivity contribution in [2.45, 2.75) is 30.5 Å². The van der Waals surface area contributed by atoms with Gasteiger partial charge < -0.3 is 10.3 Å². The third-order valence-electron chi connectivity index (χ3n) is 2.34. The highest BCUT2D eigenvalue weighted by molar-refractivity contribution is 7.98. The highest BCUT2D eigenvalue weighted by Crippen LogP contribution is 2.23. The Hall–Kier alpha value is -1.33. The fourth-order valence-electron chi connectivity index (χ4n) is 1.42. The molecule has 1 atom stereocenters. The molecular weight excluding hydrogens is 234 g/mol. The summed E-state index contributed by atoms with van der Waals surface area (Å²) < 4.78 is 4.91. The van der Waals surface area contributed by atoms with E-state index < -0.39 is 0 Å². The standard InChI is InChI=1S/C12H15N3OS/c1-8(13)10-3-5-11(6-4-10)17-7-12-14-9(2)16-15-12/h3-6,8H,7,13H2,1-2H3. The number of aryl methyl sites for hydroxylation is 1. The highest BCUT2D eigenvalue weighted by Gasteiger charge is 2.04. The molecule has 0 amide bonds. The molecule has 1 unspecified atom stereocenters. The van der Waals surface area contributed by atoms with E-state index in [4.69, 9.17) is 10.3 Å². The summed E-state index contributed by atoms with van der Waals surface area (Å²) in [4.78, 5) is 5.33. The van der Waals surface area contributed by atoms with E-state index >= 15 is 0 Å². The number of thioether (sulfide) groups is 1. The van der Waals surface area contributed by atoms with Gasteiger partial charge in [0.25, 0.3) is 0 Å². The van der Waals surface area contributed by atoms with Crippen LogP contribution in [0.15, 0.2) is 33.7 Å². The molecule has 0 aliphatic heterocycles.